The van der Waals surface area contributed by atoms with Crippen LogP contribution in [0.15, 0.2) is 36.5 Å². The van der Waals surface area contributed by atoms with Gasteiger partial charge in [0.2, 0.25) is 10.0 Å². The second-order valence-corrected chi connectivity index (χ2v) is 7.67. The van der Waals surface area contributed by atoms with Crippen LogP contribution in [0.5, 0.6) is 0 Å². The summed E-state index contributed by atoms with van der Waals surface area (Å²) in [6.45, 7) is 0.0785. The average Bonchev–Trinajstić information content (AvgIpc) is 2.99. The first-order chi connectivity index (χ1) is 11.0. The number of aliphatic hydroxyl groups excluding tert-OH is 1. The van der Waals surface area contributed by atoms with Crippen LogP contribution >= 0.6 is 0 Å². The van der Waals surface area contributed by atoms with Crippen molar-refractivity contribution in [2.75, 3.05) is 20.3 Å². The van der Waals surface area contributed by atoms with Gasteiger partial charge in [0.25, 0.3) is 0 Å². The number of sulfonamides is 1. The minimum atomic E-state index is -3.56. The van der Waals surface area contributed by atoms with Gasteiger partial charge in [-0.15, -0.1) is 0 Å². The fourth-order valence-corrected chi connectivity index (χ4v) is 4.88. The Morgan fingerprint density at radius 1 is 1.35 bits per heavy atom. The van der Waals surface area contributed by atoms with Crippen molar-refractivity contribution in [3.63, 3.8) is 0 Å². The smallest absolute Gasteiger partial charge is 0.218 e. The van der Waals surface area contributed by atoms with E-state index in [1.807, 2.05) is 24.3 Å². The van der Waals surface area contributed by atoms with Gasteiger partial charge in [-0.2, -0.15) is 4.31 Å². The van der Waals surface area contributed by atoms with E-state index >= 15 is 0 Å². The zero-order chi connectivity index (χ0) is 16.4. The van der Waals surface area contributed by atoms with Gasteiger partial charge in [0.1, 0.15) is 0 Å². The van der Waals surface area contributed by atoms with Crippen LogP contribution in [0.2, 0.25) is 0 Å². The Bertz CT molecular complexity index is 788. The molecule has 0 amide bonds. The fourth-order valence-electron chi connectivity index (χ4n) is 3.09. The van der Waals surface area contributed by atoms with Gasteiger partial charge >= 0.3 is 0 Å². The van der Waals surface area contributed by atoms with Crippen molar-refractivity contribution >= 4 is 20.9 Å². The normalized spacial score (nSPS) is 22.7. The van der Waals surface area contributed by atoms with Gasteiger partial charge in [-0.05, 0) is 18.1 Å². The van der Waals surface area contributed by atoms with Crippen LogP contribution in [0, 0.1) is 0 Å². The first kappa shape index (κ1) is 16.3. The largest absolute Gasteiger partial charge is 0.395 e. The van der Waals surface area contributed by atoms with E-state index in [9.17, 15) is 13.5 Å². The molecule has 2 heterocycles. The van der Waals surface area contributed by atoms with Crippen LogP contribution in [-0.2, 0) is 20.5 Å². The summed E-state index contributed by atoms with van der Waals surface area (Å²) >= 11 is 0. The van der Waals surface area contributed by atoms with Crippen LogP contribution in [0.4, 0.5) is 0 Å². The van der Waals surface area contributed by atoms with Crippen LogP contribution in [-0.4, -0.2) is 55.2 Å². The van der Waals surface area contributed by atoms with Gasteiger partial charge in [-0.25, -0.2) is 8.42 Å². The number of aliphatic hydroxyl groups is 1. The predicted octanol–water partition coefficient (Wildman–Crippen LogP) is 1.15. The Hall–Kier alpha value is -1.54. The van der Waals surface area contributed by atoms with Crippen molar-refractivity contribution in [3.05, 3.63) is 42.1 Å². The molecule has 0 aliphatic carbocycles. The summed E-state index contributed by atoms with van der Waals surface area (Å²) in [5.41, 5.74) is 1.36. The lowest BCUT2D eigenvalue weighted by Gasteiger charge is -2.22. The van der Waals surface area contributed by atoms with Crippen molar-refractivity contribution in [2.24, 2.45) is 0 Å². The molecule has 1 aromatic carbocycles. The topological polar surface area (TPSA) is 79.7 Å². The summed E-state index contributed by atoms with van der Waals surface area (Å²) in [4.78, 5) is 4.31. The zero-order valence-electron chi connectivity index (χ0n) is 12.9. The van der Waals surface area contributed by atoms with Crippen molar-refractivity contribution < 1.29 is 18.3 Å². The molecule has 1 fully saturated rings. The highest BCUT2D eigenvalue weighted by Gasteiger charge is 2.39. The number of aromatic nitrogens is 1. The van der Waals surface area contributed by atoms with Gasteiger partial charge in [0.15, 0.2) is 0 Å². The van der Waals surface area contributed by atoms with Crippen molar-refractivity contribution in [2.45, 2.75) is 24.3 Å². The maximum atomic E-state index is 12.8. The number of benzene rings is 1. The molecule has 0 spiro atoms. The summed E-state index contributed by atoms with van der Waals surface area (Å²) in [5.74, 6) is -0.131. The molecule has 3 rings (SSSR count). The third-order valence-corrected chi connectivity index (χ3v) is 6.12. The number of fused-ring (bicyclic) bond motifs is 1. The van der Waals surface area contributed by atoms with Crippen LogP contribution in [0.1, 0.15) is 12.0 Å². The Balaban J connectivity index is 1.91. The lowest BCUT2D eigenvalue weighted by molar-refractivity contribution is 0.113. The second-order valence-electron chi connectivity index (χ2n) is 5.75. The lowest BCUT2D eigenvalue weighted by Crippen LogP contribution is -2.38. The number of ether oxygens (including phenoxy) is 1. The molecule has 0 radical (unpaired) electrons. The Labute approximate surface area is 135 Å². The molecule has 6 nitrogen and oxygen atoms in total. The molecule has 1 aliphatic rings. The standard InChI is InChI=1S/C16H20N2O4S/c1-22-15-8-14(10-19)18(9-15)23(20,21)11-13-5-2-4-12-6-3-7-17-16(12)13/h2-7,14-15,19H,8-11H2,1H3/t14-,15+/m0/s1. The predicted molar refractivity (Wildman–Crippen MR) is 87.4 cm³/mol. The molecule has 23 heavy (non-hydrogen) atoms. The molecule has 1 aromatic heterocycles. The lowest BCUT2D eigenvalue weighted by atomic mass is 10.1. The van der Waals surface area contributed by atoms with Gasteiger partial charge < -0.3 is 9.84 Å². The van der Waals surface area contributed by atoms with E-state index in [0.717, 1.165) is 5.39 Å². The maximum Gasteiger partial charge on any atom is 0.218 e. The Morgan fingerprint density at radius 3 is 2.87 bits per heavy atom. The molecule has 1 aliphatic heterocycles. The molecule has 0 bridgehead atoms. The Kier molecular flexibility index (Phi) is 4.63. The number of methoxy groups -OCH3 is 1. The van der Waals surface area contributed by atoms with Gasteiger partial charge in [-0.3, -0.25) is 4.98 Å². The molecule has 124 valence electrons. The van der Waals surface area contributed by atoms with Gasteiger partial charge in [-0.1, -0.05) is 24.3 Å². The third kappa shape index (κ3) is 3.23. The van der Waals surface area contributed by atoms with E-state index in [4.69, 9.17) is 4.74 Å². The zero-order valence-corrected chi connectivity index (χ0v) is 13.7. The van der Waals surface area contributed by atoms with E-state index in [1.54, 1.807) is 19.4 Å². The third-order valence-electron chi connectivity index (χ3n) is 4.28. The quantitative estimate of drug-likeness (QED) is 0.886. The number of pyridine rings is 1. The van der Waals surface area contributed by atoms with E-state index in [2.05, 4.69) is 4.98 Å². The molecule has 0 saturated carbocycles. The van der Waals surface area contributed by atoms with Crippen molar-refractivity contribution in [1.29, 1.82) is 0 Å². The summed E-state index contributed by atoms with van der Waals surface area (Å²) in [6, 6.07) is 8.84. The minimum absolute atomic E-state index is 0.131. The van der Waals surface area contributed by atoms with Crippen LogP contribution in [0.25, 0.3) is 10.9 Å². The van der Waals surface area contributed by atoms with Gasteiger partial charge in [0, 0.05) is 25.2 Å². The SMILES string of the molecule is CO[C@@H]1C[C@@H](CO)N(S(=O)(=O)Cc2cccc3cccnc23)C1. The highest BCUT2D eigenvalue weighted by atomic mass is 32.2. The molecule has 7 heteroatoms. The molecule has 1 saturated heterocycles. The highest BCUT2D eigenvalue weighted by molar-refractivity contribution is 7.88. The molecule has 2 aromatic rings. The minimum Gasteiger partial charge on any atom is -0.395 e. The van der Waals surface area contributed by atoms with Crippen LogP contribution in [0.3, 0.4) is 0 Å². The second kappa shape index (κ2) is 6.52. The summed E-state index contributed by atoms with van der Waals surface area (Å²) in [5, 5.41) is 10.4. The van der Waals surface area contributed by atoms with Crippen LogP contribution < -0.4 is 0 Å². The molecule has 0 unspecified atom stereocenters. The average molecular weight is 336 g/mol. The molecular formula is C16H20N2O4S. The van der Waals surface area contributed by atoms with Gasteiger partial charge in [0.05, 0.1) is 30.0 Å². The molecular weight excluding hydrogens is 316 g/mol. The summed E-state index contributed by atoms with van der Waals surface area (Å²) in [7, 11) is -2.00. The fraction of sp³-hybridized carbons (Fsp3) is 0.438. The highest BCUT2D eigenvalue weighted by Crippen LogP contribution is 2.26. The van der Waals surface area contributed by atoms with Crippen molar-refractivity contribution in [3.8, 4) is 0 Å². The number of para-hydroxylation sites is 1. The van der Waals surface area contributed by atoms with E-state index in [-0.39, 0.29) is 25.0 Å². The Morgan fingerprint density at radius 2 is 2.13 bits per heavy atom. The number of hydrogen-bond acceptors (Lipinski definition) is 5. The molecule has 1 N–H and O–H groups in total. The number of hydrogen-bond donors (Lipinski definition) is 1. The van der Waals surface area contributed by atoms with E-state index in [1.165, 1.54) is 4.31 Å². The summed E-state index contributed by atoms with van der Waals surface area (Å²) < 4.78 is 32.2. The number of rotatable bonds is 5. The summed E-state index contributed by atoms with van der Waals surface area (Å²) in [6.07, 6.45) is 2.00. The first-order valence-corrected chi connectivity index (χ1v) is 9.12. The van der Waals surface area contributed by atoms with E-state index in [0.29, 0.717) is 17.5 Å². The monoisotopic (exact) mass is 336 g/mol. The molecule has 2 atom stereocenters. The first-order valence-electron chi connectivity index (χ1n) is 7.51. The van der Waals surface area contributed by atoms with E-state index < -0.39 is 16.1 Å². The number of nitrogens with zero attached hydrogens (tertiary/aromatic N) is 2. The van der Waals surface area contributed by atoms with Crippen molar-refractivity contribution in [1.82, 2.24) is 9.29 Å². The maximum absolute atomic E-state index is 12.8.